The first-order valence-electron chi connectivity index (χ1n) is 9.81. The zero-order valence-corrected chi connectivity index (χ0v) is 17.3. The van der Waals surface area contributed by atoms with E-state index >= 15 is 0 Å². The number of benzene rings is 3. The molecule has 0 saturated carbocycles. The number of carbonyl (C=O) groups excluding carboxylic acids is 1. The maximum atomic E-state index is 12.5. The fourth-order valence-corrected chi connectivity index (χ4v) is 4.25. The van der Waals surface area contributed by atoms with Gasteiger partial charge in [0.1, 0.15) is 0 Å². The van der Waals surface area contributed by atoms with E-state index in [0.29, 0.717) is 5.17 Å². The van der Waals surface area contributed by atoms with Crippen molar-refractivity contribution in [3.8, 4) is 0 Å². The Bertz CT molecular complexity index is 1340. The Morgan fingerprint density at radius 2 is 1.84 bits per heavy atom. The first kappa shape index (κ1) is 19.2. The molecule has 0 saturated heterocycles. The number of hydrogen-bond donors (Lipinski definition) is 4. The average Bonchev–Trinajstić information content (AvgIpc) is 3.22. The number of amidine groups is 1. The number of carbonyl (C=O) groups is 1. The summed E-state index contributed by atoms with van der Waals surface area (Å²) in [6.45, 7) is 0. The molecule has 0 fully saturated rings. The van der Waals surface area contributed by atoms with Gasteiger partial charge in [0, 0.05) is 28.4 Å². The number of nitrogens with one attached hydrogen (secondary N) is 3. The number of hydrogen-bond acceptors (Lipinski definition) is 6. The molecule has 8 heteroatoms. The minimum absolute atomic E-state index is 0.116. The molecule has 1 aliphatic heterocycles. The molecule has 31 heavy (non-hydrogen) atoms. The predicted molar refractivity (Wildman–Crippen MR) is 128 cm³/mol. The molecule has 154 valence electrons. The van der Waals surface area contributed by atoms with Crippen LogP contribution in [0.25, 0.3) is 21.7 Å². The Morgan fingerprint density at radius 3 is 2.74 bits per heavy atom. The molecule has 0 aliphatic carbocycles. The molecule has 1 aromatic heterocycles. The lowest BCUT2D eigenvalue weighted by Crippen LogP contribution is -2.39. The van der Waals surface area contributed by atoms with Crippen LogP contribution in [-0.4, -0.2) is 27.8 Å². The predicted octanol–water partition coefficient (Wildman–Crippen LogP) is 3.97. The summed E-state index contributed by atoms with van der Waals surface area (Å²) >= 11 is 1.29. The summed E-state index contributed by atoms with van der Waals surface area (Å²) in [5, 5.41) is 9.72. The highest BCUT2D eigenvalue weighted by molar-refractivity contribution is 8.14. The average molecular weight is 429 g/mol. The molecule has 1 amide bonds. The van der Waals surface area contributed by atoms with Gasteiger partial charge in [-0.3, -0.25) is 4.79 Å². The van der Waals surface area contributed by atoms with Crippen LogP contribution in [0, 0.1) is 0 Å². The number of H-pyrrole nitrogens is 1. The molecule has 0 bridgehead atoms. The Kier molecular flexibility index (Phi) is 5.05. The maximum Gasteiger partial charge on any atom is 0.234 e. The van der Waals surface area contributed by atoms with E-state index in [4.69, 9.17) is 5.73 Å². The highest BCUT2D eigenvalue weighted by Gasteiger charge is 2.20. The normalized spacial score (nSPS) is 15.9. The van der Waals surface area contributed by atoms with Gasteiger partial charge in [0.05, 0.1) is 5.75 Å². The van der Waals surface area contributed by atoms with Crippen molar-refractivity contribution in [2.24, 2.45) is 15.7 Å². The maximum absolute atomic E-state index is 12.5. The van der Waals surface area contributed by atoms with Crippen molar-refractivity contribution >= 4 is 56.2 Å². The molecular formula is C23H20N6OS. The van der Waals surface area contributed by atoms with Gasteiger partial charge in [-0.25, -0.2) is 9.98 Å². The lowest BCUT2D eigenvalue weighted by atomic mass is 10.1. The molecule has 5 N–H and O–H groups in total. The largest absolute Gasteiger partial charge is 0.370 e. The molecule has 1 aliphatic rings. The van der Waals surface area contributed by atoms with Crippen molar-refractivity contribution in [3.63, 3.8) is 0 Å². The number of nitrogens with zero attached hydrogens (tertiary/aromatic N) is 2. The third-order valence-corrected chi connectivity index (χ3v) is 5.90. The summed E-state index contributed by atoms with van der Waals surface area (Å²) in [4.78, 5) is 24.8. The van der Waals surface area contributed by atoms with Gasteiger partial charge in [0.15, 0.2) is 17.3 Å². The number of para-hydroxylation sites is 1. The zero-order valence-electron chi connectivity index (χ0n) is 16.5. The van der Waals surface area contributed by atoms with E-state index in [2.05, 4.69) is 25.6 Å². The van der Waals surface area contributed by atoms with Gasteiger partial charge >= 0.3 is 0 Å². The van der Waals surface area contributed by atoms with E-state index < -0.39 is 6.17 Å². The topological polar surface area (TPSA) is 108 Å². The number of nitrogens with two attached hydrogens (primary N) is 1. The SMILES string of the molecule is NC1=NC(c2c[nH]c3ccccc23)N=C(SCC(=O)Nc2ccc3ccccc3c2)N1. The highest BCUT2D eigenvalue weighted by atomic mass is 32.2. The second-order valence-electron chi connectivity index (χ2n) is 7.14. The number of guanidine groups is 1. The van der Waals surface area contributed by atoms with Crippen LogP contribution >= 0.6 is 11.8 Å². The van der Waals surface area contributed by atoms with E-state index in [0.717, 1.165) is 32.9 Å². The third kappa shape index (κ3) is 4.10. The first-order valence-corrected chi connectivity index (χ1v) is 10.8. The van der Waals surface area contributed by atoms with Gasteiger partial charge in [-0.1, -0.05) is 60.3 Å². The van der Waals surface area contributed by atoms with Crippen LogP contribution < -0.4 is 16.4 Å². The number of thioether (sulfide) groups is 1. The van der Waals surface area contributed by atoms with E-state index in [1.807, 2.05) is 72.9 Å². The second kappa shape index (κ2) is 8.16. The van der Waals surface area contributed by atoms with Gasteiger partial charge in [0.2, 0.25) is 5.91 Å². The van der Waals surface area contributed by atoms with Crippen LogP contribution in [0.5, 0.6) is 0 Å². The zero-order chi connectivity index (χ0) is 21.2. The van der Waals surface area contributed by atoms with E-state index in [-0.39, 0.29) is 17.6 Å². The Hall–Kier alpha value is -3.78. The van der Waals surface area contributed by atoms with Gasteiger partial charge in [-0.15, -0.1) is 0 Å². The van der Waals surface area contributed by atoms with Crippen LogP contribution in [0.2, 0.25) is 0 Å². The van der Waals surface area contributed by atoms with Crippen LogP contribution in [0.15, 0.2) is 82.9 Å². The summed E-state index contributed by atoms with van der Waals surface area (Å²) in [6.07, 6.45) is 1.44. The molecule has 0 radical (unpaired) electrons. The second-order valence-corrected chi connectivity index (χ2v) is 8.10. The molecule has 5 rings (SSSR count). The van der Waals surface area contributed by atoms with Gasteiger partial charge < -0.3 is 21.4 Å². The first-order chi connectivity index (χ1) is 15.2. The third-order valence-electron chi connectivity index (χ3n) is 5.01. The smallest absolute Gasteiger partial charge is 0.234 e. The van der Waals surface area contributed by atoms with Crippen molar-refractivity contribution in [3.05, 3.63) is 78.5 Å². The summed E-state index contributed by atoms with van der Waals surface area (Å²) in [5.41, 5.74) is 8.71. The van der Waals surface area contributed by atoms with E-state index in [9.17, 15) is 4.79 Å². The van der Waals surface area contributed by atoms with Crippen LogP contribution in [-0.2, 0) is 4.79 Å². The van der Waals surface area contributed by atoms with Crippen LogP contribution in [0.3, 0.4) is 0 Å². The van der Waals surface area contributed by atoms with E-state index in [1.54, 1.807) is 0 Å². The van der Waals surface area contributed by atoms with Crippen molar-refractivity contribution in [2.45, 2.75) is 6.17 Å². The molecule has 1 atom stereocenters. The number of fused-ring (bicyclic) bond motifs is 2. The fourth-order valence-electron chi connectivity index (χ4n) is 3.56. The number of rotatable bonds is 4. The highest BCUT2D eigenvalue weighted by Crippen LogP contribution is 2.29. The van der Waals surface area contributed by atoms with Crippen molar-refractivity contribution < 1.29 is 4.79 Å². The Morgan fingerprint density at radius 1 is 1.03 bits per heavy atom. The fraction of sp³-hybridized carbons (Fsp3) is 0.0870. The van der Waals surface area contributed by atoms with Crippen molar-refractivity contribution in [1.82, 2.24) is 10.3 Å². The number of anilines is 1. The minimum Gasteiger partial charge on any atom is -0.370 e. The number of aromatic amines is 1. The lowest BCUT2D eigenvalue weighted by molar-refractivity contribution is -0.113. The Balaban J connectivity index is 1.27. The molecule has 2 heterocycles. The van der Waals surface area contributed by atoms with Gasteiger partial charge in [-0.05, 0) is 29.0 Å². The molecule has 1 unspecified atom stereocenters. The Labute approximate surface area is 182 Å². The summed E-state index contributed by atoms with van der Waals surface area (Å²) in [6, 6.07) is 21.9. The molecule has 0 spiro atoms. The molecule has 7 nitrogen and oxygen atoms in total. The summed E-state index contributed by atoms with van der Waals surface area (Å²) < 4.78 is 0. The molecule has 4 aromatic rings. The van der Waals surface area contributed by atoms with Crippen LogP contribution in [0.4, 0.5) is 5.69 Å². The van der Waals surface area contributed by atoms with E-state index in [1.165, 1.54) is 11.8 Å². The summed E-state index contributed by atoms with van der Waals surface area (Å²) in [7, 11) is 0. The van der Waals surface area contributed by atoms with Crippen molar-refractivity contribution in [1.29, 1.82) is 0 Å². The monoisotopic (exact) mass is 428 g/mol. The molecule has 3 aromatic carbocycles. The standard InChI is InChI=1S/C23H20N6OS/c24-22-27-21(18-12-25-19-8-4-3-7-17(18)19)28-23(29-22)31-13-20(30)26-16-10-9-14-5-1-2-6-15(14)11-16/h1-12,21,25H,13H2,(H,26,30)(H3,24,27,28,29). The summed E-state index contributed by atoms with van der Waals surface area (Å²) in [5.74, 6) is 0.365. The van der Waals surface area contributed by atoms with Gasteiger partial charge in [-0.2, -0.15) is 0 Å². The number of amides is 1. The quantitative estimate of drug-likeness (QED) is 0.394. The van der Waals surface area contributed by atoms with Gasteiger partial charge in [0.25, 0.3) is 0 Å². The number of aromatic nitrogens is 1. The minimum atomic E-state index is -0.455. The molecular weight excluding hydrogens is 408 g/mol. The lowest BCUT2D eigenvalue weighted by Gasteiger charge is -2.18. The van der Waals surface area contributed by atoms with Crippen molar-refractivity contribution in [2.75, 3.05) is 11.1 Å². The number of aliphatic imine (C=N–C) groups is 2. The van der Waals surface area contributed by atoms with Crippen LogP contribution in [0.1, 0.15) is 11.7 Å².